The van der Waals surface area contributed by atoms with Crippen molar-refractivity contribution < 1.29 is 19.4 Å². The summed E-state index contributed by atoms with van der Waals surface area (Å²) >= 11 is 2.53. The molecule has 0 aliphatic rings. The van der Waals surface area contributed by atoms with Crippen LogP contribution in [0, 0.1) is 0 Å². The van der Waals surface area contributed by atoms with Crippen LogP contribution in [-0.4, -0.2) is 34.9 Å². The Morgan fingerprint density at radius 3 is 2.94 bits per heavy atom. The number of methoxy groups -OCH3 is 1. The van der Waals surface area contributed by atoms with Crippen molar-refractivity contribution in [3.63, 3.8) is 0 Å². The van der Waals surface area contributed by atoms with E-state index in [1.807, 2.05) is 0 Å². The molecule has 7 heteroatoms. The number of carboxylic acids is 1. The first-order chi connectivity index (χ1) is 8.60. The molecular weight excluding hydrogens is 274 g/mol. The Bertz CT molecular complexity index is 608. The van der Waals surface area contributed by atoms with E-state index in [4.69, 9.17) is 5.11 Å². The van der Waals surface area contributed by atoms with Gasteiger partial charge in [-0.3, -0.25) is 4.79 Å². The molecule has 0 spiro atoms. The van der Waals surface area contributed by atoms with Crippen molar-refractivity contribution in [1.82, 2.24) is 4.98 Å². The molecule has 0 saturated heterocycles. The molecule has 0 radical (unpaired) electrons. The Balaban J connectivity index is 2.28. The highest BCUT2D eigenvalue weighted by molar-refractivity contribution is 8.01. The third kappa shape index (κ3) is 2.80. The number of esters is 1. The SMILES string of the molecule is COC(=O)c1ccc2nc(SCC(=O)O)sc2c1. The summed E-state index contributed by atoms with van der Waals surface area (Å²) in [4.78, 5) is 26.1. The van der Waals surface area contributed by atoms with E-state index in [1.165, 1.54) is 30.2 Å². The number of benzene rings is 1. The van der Waals surface area contributed by atoms with E-state index < -0.39 is 11.9 Å². The van der Waals surface area contributed by atoms with Gasteiger partial charge >= 0.3 is 11.9 Å². The highest BCUT2D eigenvalue weighted by atomic mass is 32.2. The van der Waals surface area contributed by atoms with Crippen LogP contribution >= 0.6 is 23.1 Å². The lowest BCUT2D eigenvalue weighted by Crippen LogP contribution is -1.99. The number of rotatable bonds is 4. The minimum absolute atomic E-state index is 0.0241. The number of carbonyl (C=O) groups excluding carboxylic acids is 1. The van der Waals surface area contributed by atoms with Gasteiger partial charge in [0.25, 0.3) is 0 Å². The zero-order valence-electron chi connectivity index (χ0n) is 9.37. The molecular formula is C11H9NO4S2. The molecule has 1 N–H and O–H groups in total. The van der Waals surface area contributed by atoms with Crippen molar-refractivity contribution in [1.29, 1.82) is 0 Å². The maximum absolute atomic E-state index is 11.4. The Morgan fingerprint density at radius 1 is 1.50 bits per heavy atom. The molecule has 0 aliphatic carbocycles. The molecule has 0 aliphatic heterocycles. The van der Waals surface area contributed by atoms with Gasteiger partial charge in [-0.1, -0.05) is 11.8 Å². The zero-order valence-corrected chi connectivity index (χ0v) is 11.0. The van der Waals surface area contributed by atoms with Crippen LogP contribution in [-0.2, 0) is 9.53 Å². The third-order valence-corrected chi connectivity index (χ3v) is 4.25. The number of ether oxygens (including phenoxy) is 1. The zero-order chi connectivity index (χ0) is 13.1. The number of thiazole rings is 1. The minimum Gasteiger partial charge on any atom is -0.481 e. The second-order valence-corrected chi connectivity index (χ2v) is 5.59. The summed E-state index contributed by atoms with van der Waals surface area (Å²) in [5, 5.41) is 8.59. The summed E-state index contributed by atoms with van der Waals surface area (Å²) in [6, 6.07) is 5.06. The highest BCUT2D eigenvalue weighted by Gasteiger charge is 2.10. The summed E-state index contributed by atoms with van der Waals surface area (Å²) in [6.45, 7) is 0. The number of aliphatic carboxylic acids is 1. The fraction of sp³-hybridized carbons (Fsp3) is 0.182. The molecule has 94 valence electrons. The Morgan fingerprint density at radius 2 is 2.28 bits per heavy atom. The summed E-state index contributed by atoms with van der Waals surface area (Å²) in [7, 11) is 1.33. The van der Waals surface area contributed by atoms with Gasteiger partial charge in [-0.15, -0.1) is 11.3 Å². The quantitative estimate of drug-likeness (QED) is 0.685. The molecule has 0 fully saturated rings. The molecule has 0 atom stereocenters. The molecule has 0 unspecified atom stereocenters. The molecule has 0 bridgehead atoms. The molecule has 1 heterocycles. The smallest absolute Gasteiger partial charge is 0.337 e. The van der Waals surface area contributed by atoms with Gasteiger partial charge in [0.15, 0.2) is 4.34 Å². The van der Waals surface area contributed by atoms with Gasteiger partial charge in [0.05, 0.1) is 28.6 Å². The molecule has 18 heavy (non-hydrogen) atoms. The number of carboxylic acid groups (broad SMARTS) is 1. The van der Waals surface area contributed by atoms with Crippen LogP contribution in [0.2, 0.25) is 0 Å². The van der Waals surface area contributed by atoms with Crippen LogP contribution in [0.15, 0.2) is 22.5 Å². The number of thioether (sulfide) groups is 1. The lowest BCUT2D eigenvalue weighted by molar-refractivity contribution is -0.133. The molecule has 2 aromatic rings. The maximum Gasteiger partial charge on any atom is 0.337 e. The van der Waals surface area contributed by atoms with Gasteiger partial charge in [-0.05, 0) is 18.2 Å². The van der Waals surface area contributed by atoms with Crippen LogP contribution in [0.1, 0.15) is 10.4 Å². The number of fused-ring (bicyclic) bond motifs is 1. The highest BCUT2D eigenvalue weighted by Crippen LogP contribution is 2.30. The number of hydrogen-bond donors (Lipinski definition) is 1. The third-order valence-electron chi connectivity index (χ3n) is 2.11. The summed E-state index contributed by atoms with van der Waals surface area (Å²) in [5.74, 6) is -1.30. The Hall–Kier alpha value is -1.60. The van der Waals surface area contributed by atoms with Gasteiger partial charge in [0, 0.05) is 0 Å². The van der Waals surface area contributed by atoms with Crippen molar-refractivity contribution in [3.05, 3.63) is 23.8 Å². The maximum atomic E-state index is 11.4. The largest absolute Gasteiger partial charge is 0.481 e. The van der Waals surface area contributed by atoms with Gasteiger partial charge < -0.3 is 9.84 Å². The summed E-state index contributed by atoms with van der Waals surface area (Å²) in [6.07, 6.45) is 0. The Labute approximate surface area is 111 Å². The van der Waals surface area contributed by atoms with Crippen molar-refractivity contribution in [3.8, 4) is 0 Å². The van der Waals surface area contributed by atoms with Gasteiger partial charge in [-0.2, -0.15) is 0 Å². The second-order valence-electron chi connectivity index (χ2n) is 3.34. The van der Waals surface area contributed by atoms with Crippen molar-refractivity contribution in [2.45, 2.75) is 4.34 Å². The average molecular weight is 283 g/mol. The lowest BCUT2D eigenvalue weighted by Gasteiger charge is -1.97. The van der Waals surface area contributed by atoms with E-state index >= 15 is 0 Å². The number of aromatic nitrogens is 1. The van der Waals surface area contributed by atoms with Crippen molar-refractivity contribution >= 4 is 45.3 Å². The van der Waals surface area contributed by atoms with Gasteiger partial charge in [0.1, 0.15) is 0 Å². The van der Waals surface area contributed by atoms with Crippen LogP contribution < -0.4 is 0 Å². The Kier molecular flexibility index (Phi) is 3.83. The molecule has 1 aromatic carbocycles. The van der Waals surface area contributed by atoms with E-state index in [0.29, 0.717) is 9.90 Å². The fourth-order valence-corrected chi connectivity index (χ4v) is 3.16. The molecule has 0 saturated carbocycles. The monoisotopic (exact) mass is 283 g/mol. The van der Waals surface area contributed by atoms with Crippen molar-refractivity contribution in [2.24, 2.45) is 0 Å². The fourth-order valence-electron chi connectivity index (χ4n) is 1.33. The van der Waals surface area contributed by atoms with E-state index in [9.17, 15) is 9.59 Å². The van der Waals surface area contributed by atoms with E-state index in [-0.39, 0.29) is 5.75 Å². The first-order valence-corrected chi connectivity index (χ1v) is 6.74. The molecule has 0 amide bonds. The first-order valence-electron chi connectivity index (χ1n) is 4.93. The van der Waals surface area contributed by atoms with Crippen LogP contribution in [0.25, 0.3) is 10.2 Å². The normalized spacial score (nSPS) is 10.5. The number of carbonyl (C=O) groups is 2. The minimum atomic E-state index is -0.880. The van der Waals surface area contributed by atoms with Crippen LogP contribution in [0.4, 0.5) is 0 Å². The average Bonchev–Trinajstić information content (AvgIpc) is 2.77. The summed E-state index contributed by atoms with van der Waals surface area (Å²) < 4.78 is 6.15. The predicted octanol–water partition coefficient (Wildman–Crippen LogP) is 2.26. The number of hydrogen-bond acceptors (Lipinski definition) is 6. The summed E-state index contributed by atoms with van der Waals surface area (Å²) in [5.41, 5.74) is 1.21. The predicted molar refractivity (Wildman–Crippen MR) is 69.3 cm³/mol. The van der Waals surface area contributed by atoms with Crippen LogP contribution in [0.5, 0.6) is 0 Å². The van der Waals surface area contributed by atoms with E-state index in [2.05, 4.69) is 9.72 Å². The number of nitrogens with zero attached hydrogens (tertiary/aromatic N) is 1. The van der Waals surface area contributed by atoms with E-state index in [1.54, 1.807) is 18.2 Å². The second kappa shape index (κ2) is 5.36. The van der Waals surface area contributed by atoms with Crippen LogP contribution in [0.3, 0.4) is 0 Å². The first kappa shape index (κ1) is 12.8. The lowest BCUT2D eigenvalue weighted by atomic mass is 10.2. The molecule has 1 aromatic heterocycles. The molecule has 5 nitrogen and oxygen atoms in total. The standard InChI is InChI=1S/C11H9NO4S2/c1-16-10(15)6-2-3-7-8(4-6)18-11(12-7)17-5-9(13)14/h2-4H,5H2,1H3,(H,13,14). The van der Waals surface area contributed by atoms with E-state index in [0.717, 1.165) is 10.2 Å². The van der Waals surface area contributed by atoms with Crippen molar-refractivity contribution in [2.75, 3.05) is 12.9 Å². The molecule has 2 rings (SSSR count). The van der Waals surface area contributed by atoms with Gasteiger partial charge in [-0.25, -0.2) is 9.78 Å². The topological polar surface area (TPSA) is 76.5 Å². The van der Waals surface area contributed by atoms with Gasteiger partial charge in [0.2, 0.25) is 0 Å².